The third-order valence-corrected chi connectivity index (χ3v) is 3.49. The topological polar surface area (TPSA) is 61.9 Å². The van der Waals surface area contributed by atoms with Crippen molar-refractivity contribution in [3.63, 3.8) is 0 Å². The first kappa shape index (κ1) is 17.1. The molecule has 1 aliphatic heterocycles. The van der Waals surface area contributed by atoms with Gasteiger partial charge in [0.05, 0.1) is 0 Å². The standard InChI is InChI=1S/C17H25N3O3/c1-13-6-5-7-14(12-13)18-15(21)19-8-10-20(11-9-19)16(22)23-17(2,3)4/h5-7,12H,8-11H2,1-4H3,(H,18,21). The summed E-state index contributed by atoms with van der Waals surface area (Å²) in [6.07, 6.45) is -0.323. The Morgan fingerprint density at radius 2 is 1.70 bits per heavy atom. The first-order chi connectivity index (χ1) is 10.7. The quantitative estimate of drug-likeness (QED) is 0.865. The number of ether oxygens (including phenoxy) is 1. The fourth-order valence-electron chi connectivity index (χ4n) is 2.34. The zero-order chi connectivity index (χ0) is 17.0. The Morgan fingerprint density at radius 1 is 1.09 bits per heavy atom. The van der Waals surface area contributed by atoms with Gasteiger partial charge in [0.1, 0.15) is 5.60 Å². The van der Waals surface area contributed by atoms with Gasteiger partial charge in [0.25, 0.3) is 0 Å². The lowest BCUT2D eigenvalue weighted by Gasteiger charge is -2.35. The van der Waals surface area contributed by atoms with Crippen LogP contribution >= 0.6 is 0 Å². The molecule has 1 saturated heterocycles. The van der Waals surface area contributed by atoms with Crippen LogP contribution in [0.5, 0.6) is 0 Å². The van der Waals surface area contributed by atoms with Gasteiger partial charge in [-0.25, -0.2) is 9.59 Å². The Labute approximate surface area is 137 Å². The van der Waals surface area contributed by atoms with Gasteiger partial charge in [0, 0.05) is 31.9 Å². The fraction of sp³-hybridized carbons (Fsp3) is 0.529. The van der Waals surface area contributed by atoms with E-state index in [4.69, 9.17) is 4.74 Å². The molecule has 0 bridgehead atoms. The number of amides is 3. The minimum atomic E-state index is -0.503. The normalized spacial score (nSPS) is 15.3. The summed E-state index contributed by atoms with van der Waals surface area (Å²) in [7, 11) is 0. The number of rotatable bonds is 1. The van der Waals surface area contributed by atoms with Crippen LogP contribution in [0.2, 0.25) is 0 Å². The SMILES string of the molecule is Cc1cccc(NC(=O)N2CCN(C(=O)OC(C)(C)C)CC2)c1. The summed E-state index contributed by atoms with van der Waals surface area (Å²) in [6.45, 7) is 9.47. The van der Waals surface area contributed by atoms with Crippen LogP contribution in [0.4, 0.5) is 15.3 Å². The van der Waals surface area contributed by atoms with Crippen molar-refractivity contribution in [1.29, 1.82) is 0 Å². The van der Waals surface area contributed by atoms with Gasteiger partial charge in [-0.1, -0.05) is 12.1 Å². The highest BCUT2D eigenvalue weighted by atomic mass is 16.6. The van der Waals surface area contributed by atoms with Crippen LogP contribution in [-0.4, -0.2) is 53.7 Å². The van der Waals surface area contributed by atoms with Crippen molar-refractivity contribution in [3.05, 3.63) is 29.8 Å². The second-order valence-electron chi connectivity index (χ2n) is 6.75. The predicted octanol–water partition coefficient (Wildman–Crippen LogP) is 3.08. The highest BCUT2D eigenvalue weighted by molar-refractivity contribution is 5.89. The molecule has 2 rings (SSSR count). The lowest BCUT2D eigenvalue weighted by Crippen LogP contribution is -2.52. The molecule has 1 N–H and O–H groups in total. The van der Waals surface area contributed by atoms with Gasteiger partial charge in [-0.2, -0.15) is 0 Å². The zero-order valence-electron chi connectivity index (χ0n) is 14.3. The highest BCUT2D eigenvalue weighted by Crippen LogP contribution is 2.14. The second kappa shape index (κ2) is 6.89. The van der Waals surface area contributed by atoms with Gasteiger partial charge in [-0.05, 0) is 45.4 Å². The fourth-order valence-corrected chi connectivity index (χ4v) is 2.34. The average Bonchev–Trinajstić information content (AvgIpc) is 2.45. The molecule has 0 spiro atoms. The number of urea groups is 1. The molecular formula is C17H25N3O3. The van der Waals surface area contributed by atoms with Crippen molar-refractivity contribution in [2.75, 3.05) is 31.5 Å². The van der Waals surface area contributed by atoms with E-state index >= 15 is 0 Å². The van der Waals surface area contributed by atoms with Crippen molar-refractivity contribution in [1.82, 2.24) is 9.80 Å². The van der Waals surface area contributed by atoms with Crippen LogP contribution in [-0.2, 0) is 4.74 Å². The summed E-state index contributed by atoms with van der Waals surface area (Å²) in [6, 6.07) is 7.54. The molecule has 0 saturated carbocycles. The number of nitrogens with zero attached hydrogens (tertiary/aromatic N) is 2. The monoisotopic (exact) mass is 319 g/mol. The molecule has 1 heterocycles. The number of hydrogen-bond donors (Lipinski definition) is 1. The van der Waals surface area contributed by atoms with Crippen molar-refractivity contribution in [3.8, 4) is 0 Å². The first-order valence-corrected chi connectivity index (χ1v) is 7.85. The van der Waals surface area contributed by atoms with E-state index in [0.29, 0.717) is 26.2 Å². The summed E-state index contributed by atoms with van der Waals surface area (Å²) in [5.41, 5.74) is 1.37. The van der Waals surface area contributed by atoms with Crippen LogP contribution in [0.3, 0.4) is 0 Å². The van der Waals surface area contributed by atoms with E-state index in [-0.39, 0.29) is 12.1 Å². The van der Waals surface area contributed by atoms with Gasteiger partial charge in [0.15, 0.2) is 0 Å². The van der Waals surface area contributed by atoms with Gasteiger partial charge in [-0.15, -0.1) is 0 Å². The molecule has 0 aromatic heterocycles. The minimum Gasteiger partial charge on any atom is -0.444 e. The Hall–Kier alpha value is -2.24. The summed E-state index contributed by atoms with van der Waals surface area (Å²) < 4.78 is 5.35. The number of carbonyl (C=O) groups excluding carboxylic acids is 2. The number of aryl methyl sites for hydroxylation is 1. The Morgan fingerprint density at radius 3 is 2.26 bits per heavy atom. The van der Waals surface area contributed by atoms with Gasteiger partial charge < -0.3 is 19.9 Å². The van der Waals surface area contributed by atoms with E-state index < -0.39 is 5.60 Å². The lowest BCUT2D eigenvalue weighted by molar-refractivity contribution is 0.0174. The first-order valence-electron chi connectivity index (χ1n) is 7.85. The molecule has 126 valence electrons. The average molecular weight is 319 g/mol. The second-order valence-corrected chi connectivity index (χ2v) is 6.75. The number of anilines is 1. The Bertz CT molecular complexity index is 573. The van der Waals surface area contributed by atoms with Crippen LogP contribution in [0.1, 0.15) is 26.3 Å². The number of hydrogen-bond acceptors (Lipinski definition) is 3. The van der Waals surface area contributed by atoms with Gasteiger partial charge in [-0.3, -0.25) is 0 Å². The maximum Gasteiger partial charge on any atom is 0.410 e. The van der Waals surface area contributed by atoms with Crippen LogP contribution in [0.25, 0.3) is 0 Å². The lowest BCUT2D eigenvalue weighted by atomic mass is 10.2. The molecule has 0 aliphatic carbocycles. The molecule has 0 radical (unpaired) electrons. The molecule has 0 unspecified atom stereocenters. The van der Waals surface area contributed by atoms with Crippen molar-refractivity contribution < 1.29 is 14.3 Å². The summed E-state index contributed by atoms with van der Waals surface area (Å²) in [5.74, 6) is 0. The van der Waals surface area contributed by atoms with Crippen LogP contribution < -0.4 is 5.32 Å². The molecule has 1 aliphatic rings. The summed E-state index contributed by atoms with van der Waals surface area (Å²) in [5, 5.41) is 2.89. The van der Waals surface area contributed by atoms with E-state index in [1.165, 1.54) is 0 Å². The Kier molecular flexibility index (Phi) is 5.13. The molecule has 3 amide bonds. The van der Waals surface area contributed by atoms with Gasteiger partial charge in [0.2, 0.25) is 0 Å². The van der Waals surface area contributed by atoms with Crippen LogP contribution in [0.15, 0.2) is 24.3 Å². The molecule has 0 atom stereocenters. The van der Waals surface area contributed by atoms with E-state index in [2.05, 4.69) is 5.32 Å². The predicted molar refractivity (Wildman–Crippen MR) is 89.6 cm³/mol. The molecule has 1 aromatic carbocycles. The molecule has 23 heavy (non-hydrogen) atoms. The van der Waals surface area contributed by atoms with E-state index in [1.54, 1.807) is 9.80 Å². The van der Waals surface area contributed by atoms with E-state index in [0.717, 1.165) is 11.3 Å². The number of carbonyl (C=O) groups is 2. The number of benzene rings is 1. The molecular weight excluding hydrogens is 294 g/mol. The van der Waals surface area contributed by atoms with E-state index in [9.17, 15) is 9.59 Å². The molecule has 6 heteroatoms. The number of nitrogens with one attached hydrogen (secondary N) is 1. The number of piperazine rings is 1. The molecule has 6 nitrogen and oxygen atoms in total. The minimum absolute atomic E-state index is 0.139. The Balaban J connectivity index is 1.84. The van der Waals surface area contributed by atoms with Crippen LogP contribution in [0, 0.1) is 6.92 Å². The van der Waals surface area contributed by atoms with E-state index in [1.807, 2.05) is 52.0 Å². The largest absolute Gasteiger partial charge is 0.444 e. The maximum absolute atomic E-state index is 12.3. The maximum atomic E-state index is 12.3. The van der Waals surface area contributed by atoms with Crippen molar-refractivity contribution in [2.24, 2.45) is 0 Å². The zero-order valence-corrected chi connectivity index (χ0v) is 14.3. The van der Waals surface area contributed by atoms with Gasteiger partial charge >= 0.3 is 12.1 Å². The molecule has 1 aromatic rings. The smallest absolute Gasteiger partial charge is 0.410 e. The van der Waals surface area contributed by atoms with Crippen molar-refractivity contribution in [2.45, 2.75) is 33.3 Å². The highest BCUT2D eigenvalue weighted by Gasteiger charge is 2.27. The third kappa shape index (κ3) is 5.16. The third-order valence-electron chi connectivity index (χ3n) is 3.49. The van der Waals surface area contributed by atoms with Crippen molar-refractivity contribution >= 4 is 17.8 Å². The summed E-state index contributed by atoms with van der Waals surface area (Å²) >= 11 is 0. The summed E-state index contributed by atoms with van der Waals surface area (Å²) in [4.78, 5) is 27.6. The molecule has 1 fully saturated rings.